The summed E-state index contributed by atoms with van der Waals surface area (Å²) in [6.45, 7) is 2.48. The predicted molar refractivity (Wildman–Crippen MR) is 100 cm³/mol. The zero-order valence-corrected chi connectivity index (χ0v) is 16.6. The van der Waals surface area contributed by atoms with Crippen molar-refractivity contribution in [2.45, 2.75) is 110 Å². The van der Waals surface area contributed by atoms with Gasteiger partial charge in [0.15, 0.2) is 0 Å². The van der Waals surface area contributed by atoms with Gasteiger partial charge in [0, 0.05) is 10.7 Å². The first kappa shape index (κ1) is 23.2. The van der Waals surface area contributed by atoms with E-state index >= 15 is 0 Å². The first-order valence-electron chi connectivity index (χ1n) is 9.65. The summed E-state index contributed by atoms with van der Waals surface area (Å²) in [5, 5.41) is 0. The maximum atomic E-state index is 10.5. The molecule has 3 nitrogen and oxygen atoms in total. The van der Waals surface area contributed by atoms with E-state index in [-0.39, 0.29) is 6.61 Å². The van der Waals surface area contributed by atoms with E-state index in [9.17, 15) is 8.42 Å². The highest BCUT2D eigenvalue weighted by Gasteiger charge is 2.03. The summed E-state index contributed by atoms with van der Waals surface area (Å²) in [5.74, 6) is 0. The summed E-state index contributed by atoms with van der Waals surface area (Å²) in [7, 11) is 1.18. The fourth-order valence-electron chi connectivity index (χ4n) is 2.81. The van der Waals surface area contributed by atoms with Crippen LogP contribution in [0.2, 0.25) is 0 Å². The van der Waals surface area contributed by atoms with Crippen LogP contribution in [0.1, 0.15) is 110 Å². The van der Waals surface area contributed by atoms with Crippen molar-refractivity contribution in [3.05, 3.63) is 0 Å². The van der Waals surface area contributed by atoms with Gasteiger partial charge in [0.05, 0.1) is 6.61 Å². The number of hydrogen-bond acceptors (Lipinski definition) is 3. The topological polar surface area (TPSA) is 43.4 Å². The van der Waals surface area contributed by atoms with Crippen molar-refractivity contribution in [1.29, 1.82) is 0 Å². The van der Waals surface area contributed by atoms with Gasteiger partial charge in [-0.25, -0.2) is 0 Å². The Bertz CT molecular complexity index is 331. The minimum Gasteiger partial charge on any atom is -0.258 e. The van der Waals surface area contributed by atoms with Crippen molar-refractivity contribution in [3.8, 4) is 0 Å². The van der Waals surface area contributed by atoms with Gasteiger partial charge in [-0.15, -0.1) is 0 Å². The van der Waals surface area contributed by atoms with E-state index in [0.717, 1.165) is 19.3 Å². The summed E-state index contributed by atoms with van der Waals surface area (Å²) in [4.78, 5) is 0. The molecular formula is C18H37ClO3S. The second-order valence-corrected chi connectivity index (χ2v) is 8.67. The molecule has 0 spiro atoms. The molecule has 0 amide bonds. The molecule has 0 heterocycles. The van der Waals surface area contributed by atoms with Gasteiger partial charge < -0.3 is 0 Å². The molecule has 0 rings (SSSR count). The van der Waals surface area contributed by atoms with Crippen LogP contribution in [0.15, 0.2) is 0 Å². The van der Waals surface area contributed by atoms with Crippen molar-refractivity contribution >= 4 is 20.0 Å². The molecule has 23 heavy (non-hydrogen) atoms. The van der Waals surface area contributed by atoms with Crippen LogP contribution in [0.4, 0.5) is 0 Å². The summed E-state index contributed by atoms with van der Waals surface area (Å²) in [6.07, 6.45) is 20.8. The molecule has 0 saturated carbocycles. The van der Waals surface area contributed by atoms with E-state index in [1.807, 2.05) is 0 Å². The van der Waals surface area contributed by atoms with Gasteiger partial charge in [-0.1, -0.05) is 103 Å². The van der Waals surface area contributed by atoms with Gasteiger partial charge in [-0.2, -0.15) is 8.42 Å². The predicted octanol–water partition coefficient (Wildman–Crippen LogP) is 6.75. The molecule has 0 N–H and O–H groups in total. The Hall–Kier alpha value is 0.200. The summed E-state index contributed by atoms with van der Waals surface area (Å²) >= 11 is 0. The fourth-order valence-corrected chi connectivity index (χ4v) is 3.31. The maximum absolute atomic E-state index is 10.5. The molecule has 0 aliphatic carbocycles. The van der Waals surface area contributed by atoms with Crippen LogP contribution in [0.25, 0.3) is 0 Å². The van der Waals surface area contributed by atoms with Gasteiger partial charge in [-0.05, 0) is 6.42 Å². The average molecular weight is 369 g/mol. The fraction of sp³-hybridized carbons (Fsp3) is 1.00. The molecule has 0 aliphatic rings. The highest BCUT2D eigenvalue weighted by Crippen LogP contribution is 2.13. The van der Waals surface area contributed by atoms with Crippen molar-refractivity contribution in [2.24, 2.45) is 0 Å². The second kappa shape index (κ2) is 17.0. The monoisotopic (exact) mass is 368 g/mol. The lowest BCUT2D eigenvalue weighted by atomic mass is 10.0. The standard InChI is InChI=1S/C18H37ClO3S/c1-2-3-4-5-6-7-8-9-10-11-12-13-14-15-16-17-18-22-23(19,20)21/h2-18H2,1H3. The van der Waals surface area contributed by atoms with Crippen molar-refractivity contribution in [1.82, 2.24) is 0 Å². The third kappa shape index (κ3) is 22.2. The maximum Gasteiger partial charge on any atom is 0.355 e. The smallest absolute Gasteiger partial charge is 0.258 e. The molecule has 0 atom stereocenters. The average Bonchev–Trinajstić information content (AvgIpc) is 2.49. The molecule has 0 aliphatic heterocycles. The first-order valence-corrected chi connectivity index (χ1v) is 11.9. The zero-order chi connectivity index (χ0) is 17.2. The summed E-state index contributed by atoms with van der Waals surface area (Å²) in [6, 6.07) is 0. The molecule has 0 radical (unpaired) electrons. The number of hydrogen-bond donors (Lipinski definition) is 0. The largest absolute Gasteiger partial charge is 0.355 e. The molecule has 0 fully saturated rings. The lowest BCUT2D eigenvalue weighted by Gasteiger charge is -2.03. The van der Waals surface area contributed by atoms with E-state index in [4.69, 9.17) is 10.7 Å². The van der Waals surface area contributed by atoms with Gasteiger partial charge >= 0.3 is 9.33 Å². The molecule has 0 bridgehead atoms. The Labute approximate surface area is 149 Å². The third-order valence-electron chi connectivity index (χ3n) is 4.22. The number of halogens is 1. The molecule has 0 saturated heterocycles. The van der Waals surface area contributed by atoms with Gasteiger partial charge in [-0.3, -0.25) is 4.18 Å². The van der Waals surface area contributed by atoms with Crippen LogP contribution in [0.5, 0.6) is 0 Å². The van der Waals surface area contributed by atoms with E-state index < -0.39 is 9.33 Å². The molecule has 140 valence electrons. The Morgan fingerprint density at radius 3 is 1.22 bits per heavy atom. The highest BCUT2D eigenvalue weighted by atomic mass is 35.7. The zero-order valence-electron chi connectivity index (χ0n) is 15.0. The van der Waals surface area contributed by atoms with E-state index in [0.29, 0.717) is 0 Å². The molecule has 0 aromatic rings. The molecule has 0 unspecified atom stereocenters. The molecular weight excluding hydrogens is 332 g/mol. The SMILES string of the molecule is CCCCCCCCCCCCCCCCCCOS(=O)(=O)Cl. The van der Waals surface area contributed by atoms with E-state index in [1.165, 1.54) is 83.5 Å². The first-order chi connectivity index (χ1) is 11.1. The van der Waals surface area contributed by atoms with E-state index in [1.54, 1.807) is 0 Å². The minimum atomic E-state index is -3.77. The Balaban J connectivity index is 3.03. The highest BCUT2D eigenvalue weighted by molar-refractivity contribution is 8.09. The lowest BCUT2D eigenvalue weighted by molar-refractivity contribution is 0.315. The molecule has 5 heteroatoms. The second-order valence-electron chi connectivity index (χ2n) is 6.52. The van der Waals surface area contributed by atoms with Crippen LogP contribution in [0, 0.1) is 0 Å². The quantitative estimate of drug-likeness (QED) is 0.198. The van der Waals surface area contributed by atoms with Gasteiger partial charge in [0.2, 0.25) is 0 Å². The van der Waals surface area contributed by atoms with Crippen LogP contribution in [-0.2, 0) is 13.5 Å². The molecule has 0 aromatic carbocycles. The van der Waals surface area contributed by atoms with Crippen LogP contribution in [0.3, 0.4) is 0 Å². The van der Waals surface area contributed by atoms with Crippen LogP contribution < -0.4 is 0 Å². The normalized spacial score (nSPS) is 11.9. The van der Waals surface area contributed by atoms with Crippen LogP contribution >= 0.6 is 10.7 Å². The van der Waals surface area contributed by atoms with Crippen molar-refractivity contribution in [3.63, 3.8) is 0 Å². The molecule has 0 aromatic heterocycles. The third-order valence-corrected chi connectivity index (χ3v) is 4.94. The minimum absolute atomic E-state index is 0.213. The number of rotatable bonds is 18. The van der Waals surface area contributed by atoms with Gasteiger partial charge in [0.25, 0.3) is 0 Å². The Kier molecular flexibility index (Phi) is 17.2. The lowest BCUT2D eigenvalue weighted by Crippen LogP contribution is -1.98. The summed E-state index contributed by atoms with van der Waals surface area (Å²) in [5.41, 5.74) is 0. The van der Waals surface area contributed by atoms with Crippen molar-refractivity contribution in [2.75, 3.05) is 6.61 Å². The summed E-state index contributed by atoms with van der Waals surface area (Å²) < 4.78 is 25.6. The Morgan fingerprint density at radius 1 is 0.609 bits per heavy atom. The van der Waals surface area contributed by atoms with E-state index in [2.05, 4.69) is 11.1 Å². The Morgan fingerprint density at radius 2 is 0.913 bits per heavy atom. The van der Waals surface area contributed by atoms with Gasteiger partial charge in [0.1, 0.15) is 0 Å². The van der Waals surface area contributed by atoms with Crippen molar-refractivity contribution < 1.29 is 12.6 Å². The van der Waals surface area contributed by atoms with Crippen LogP contribution in [-0.4, -0.2) is 15.0 Å². The number of unbranched alkanes of at least 4 members (excludes halogenated alkanes) is 15.